The molecule has 0 radical (unpaired) electrons. The minimum atomic E-state index is -3.46. The summed E-state index contributed by atoms with van der Waals surface area (Å²) in [5.41, 5.74) is 0. The molecular weight excluding hydrogens is 168 g/mol. The topological polar surface area (TPSA) is 81.4 Å². The SMILES string of the molecule is CN(CCO)S(=O)(=O)CC#N. The number of hydrogen-bond acceptors (Lipinski definition) is 4. The smallest absolute Gasteiger partial charge is 0.227 e. The third-order valence-electron chi connectivity index (χ3n) is 1.14. The van der Waals surface area contributed by atoms with Gasteiger partial charge in [0.2, 0.25) is 10.0 Å². The van der Waals surface area contributed by atoms with Crippen molar-refractivity contribution in [2.75, 3.05) is 26.0 Å². The Morgan fingerprint density at radius 3 is 2.55 bits per heavy atom. The quantitative estimate of drug-likeness (QED) is 0.584. The van der Waals surface area contributed by atoms with E-state index in [1.54, 1.807) is 0 Å². The molecule has 0 heterocycles. The monoisotopic (exact) mass is 178 g/mol. The summed E-state index contributed by atoms with van der Waals surface area (Å²) in [6.07, 6.45) is 0. The molecule has 0 aromatic heterocycles. The van der Waals surface area contributed by atoms with E-state index in [1.165, 1.54) is 13.1 Å². The minimum absolute atomic E-state index is 0.0318. The van der Waals surface area contributed by atoms with Gasteiger partial charge in [-0.3, -0.25) is 0 Å². The van der Waals surface area contributed by atoms with Crippen molar-refractivity contribution in [1.82, 2.24) is 4.31 Å². The van der Waals surface area contributed by atoms with Crippen molar-refractivity contribution in [3.05, 3.63) is 0 Å². The first-order chi connectivity index (χ1) is 5.04. The van der Waals surface area contributed by atoms with E-state index < -0.39 is 15.8 Å². The highest BCUT2D eigenvalue weighted by Crippen LogP contribution is 1.95. The summed E-state index contributed by atoms with van der Waals surface area (Å²) in [6, 6.07) is 1.54. The lowest BCUT2D eigenvalue weighted by molar-refractivity contribution is 0.267. The van der Waals surface area contributed by atoms with Crippen molar-refractivity contribution in [2.24, 2.45) is 0 Å². The zero-order valence-electron chi connectivity index (χ0n) is 6.19. The molecule has 0 saturated heterocycles. The van der Waals surface area contributed by atoms with Gasteiger partial charge in [0, 0.05) is 13.6 Å². The van der Waals surface area contributed by atoms with Gasteiger partial charge in [-0.2, -0.15) is 5.26 Å². The highest BCUT2D eigenvalue weighted by atomic mass is 32.2. The minimum Gasteiger partial charge on any atom is -0.395 e. The molecule has 0 unspecified atom stereocenters. The molecule has 0 saturated carbocycles. The van der Waals surface area contributed by atoms with E-state index in [9.17, 15) is 8.42 Å². The number of nitrogens with zero attached hydrogens (tertiary/aromatic N) is 2. The number of aliphatic hydroxyl groups is 1. The van der Waals surface area contributed by atoms with Gasteiger partial charge in [-0.1, -0.05) is 0 Å². The van der Waals surface area contributed by atoms with E-state index in [4.69, 9.17) is 10.4 Å². The maximum atomic E-state index is 10.9. The van der Waals surface area contributed by atoms with Gasteiger partial charge in [-0.25, -0.2) is 12.7 Å². The second-order valence-corrected chi connectivity index (χ2v) is 4.04. The van der Waals surface area contributed by atoms with Gasteiger partial charge in [0.05, 0.1) is 12.7 Å². The standard InChI is InChI=1S/C5H10N2O3S/c1-7(3-4-8)11(9,10)5-2-6/h8H,3-5H2,1H3. The fourth-order valence-corrected chi connectivity index (χ4v) is 1.22. The summed E-state index contributed by atoms with van der Waals surface area (Å²) in [7, 11) is -2.14. The molecule has 11 heavy (non-hydrogen) atoms. The van der Waals surface area contributed by atoms with Crippen molar-refractivity contribution in [2.45, 2.75) is 0 Å². The van der Waals surface area contributed by atoms with Crippen LogP contribution in [0.2, 0.25) is 0 Å². The third kappa shape index (κ3) is 3.32. The van der Waals surface area contributed by atoms with E-state index in [-0.39, 0.29) is 13.2 Å². The molecule has 0 bridgehead atoms. The lowest BCUT2D eigenvalue weighted by Crippen LogP contribution is -2.31. The molecule has 64 valence electrons. The number of hydrogen-bond donors (Lipinski definition) is 1. The van der Waals surface area contributed by atoms with Crippen LogP contribution in [0.1, 0.15) is 0 Å². The van der Waals surface area contributed by atoms with Crippen LogP contribution in [-0.2, 0) is 10.0 Å². The molecule has 0 fully saturated rings. The Balaban J connectivity index is 4.21. The highest BCUT2D eigenvalue weighted by molar-refractivity contribution is 7.89. The normalized spacial score (nSPS) is 11.5. The van der Waals surface area contributed by atoms with Crippen molar-refractivity contribution in [3.63, 3.8) is 0 Å². The lowest BCUT2D eigenvalue weighted by atomic mass is 10.7. The first-order valence-electron chi connectivity index (χ1n) is 2.96. The van der Waals surface area contributed by atoms with Crippen LogP contribution in [0.4, 0.5) is 0 Å². The second-order valence-electron chi connectivity index (χ2n) is 1.96. The predicted octanol–water partition coefficient (Wildman–Crippen LogP) is -1.24. The van der Waals surface area contributed by atoms with Gasteiger partial charge in [0.1, 0.15) is 0 Å². The Bertz CT molecular complexity index is 241. The van der Waals surface area contributed by atoms with Gasteiger partial charge in [-0.15, -0.1) is 0 Å². The number of sulfonamides is 1. The fraction of sp³-hybridized carbons (Fsp3) is 0.800. The number of aliphatic hydroxyl groups excluding tert-OH is 1. The van der Waals surface area contributed by atoms with E-state index in [1.807, 2.05) is 0 Å². The zero-order valence-corrected chi connectivity index (χ0v) is 7.00. The second kappa shape index (κ2) is 4.28. The summed E-state index contributed by atoms with van der Waals surface area (Å²) in [5.74, 6) is -0.538. The maximum Gasteiger partial charge on any atom is 0.227 e. The maximum absolute atomic E-state index is 10.9. The molecule has 0 rings (SSSR count). The van der Waals surface area contributed by atoms with Gasteiger partial charge < -0.3 is 5.11 Å². The molecule has 0 aliphatic heterocycles. The predicted molar refractivity (Wildman–Crippen MR) is 39.1 cm³/mol. The molecule has 0 aliphatic rings. The van der Waals surface area contributed by atoms with E-state index >= 15 is 0 Å². The Kier molecular flexibility index (Phi) is 4.03. The molecule has 0 aliphatic carbocycles. The average Bonchev–Trinajstić information content (AvgIpc) is 1.88. The molecule has 0 aromatic rings. The first-order valence-corrected chi connectivity index (χ1v) is 4.57. The Labute approximate surface area is 65.9 Å². The Morgan fingerprint density at radius 2 is 2.18 bits per heavy atom. The van der Waals surface area contributed by atoms with Crippen LogP contribution in [-0.4, -0.2) is 43.8 Å². The number of nitriles is 1. The molecule has 1 N–H and O–H groups in total. The van der Waals surface area contributed by atoms with Crippen molar-refractivity contribution < 1.29 is 13.5 Å². The lowest BCUT2D eigenvalue weighted by Gasteiger charge is -2.12. The van der Waals surface area contributed by atoms with Crippen molar-refractivity contribution >= 4 is 10.0 Å². The highest BCUT2D eigenvalue weighted by Gasteiger charge is 2.15. The third-order valence-corrected chi connectivity index (χ3v) is 2.76. The molecular formula is C5H10N2O3S. The molecule has 0 amide bonds. The van der Waals surface area contributed by atoms with E-state index in [2.05, 4.69) is 0 Å². The van der Waals surface area contributed by atoms with Crippen LogP contribution in [0.3, 0.4) is 0 Å². The van der Waals surface area contributed by atoms with E-state index in [0.29, 0.717) is 0 Å². The summed E-state index contributed by atoms with van der Waals surface area (Å²) in [4.78, 5) is 0. The Morgan fingerprint density at radius 1 is 1.64 bits per heavy atom. The molecule has 5 nitrogen and oxygen atoms in total. The molecule has 6 heteroatoms. The van der Waals surface area contributed by atoms with Crippen LogP contribution in [0.15, 0.2) is 0 Å². The summed E-state index contributed by atoms with van der Waals surface area (Å²) in [6.45, 7) is -0.203. The summed E-state index contributed by atoms with van der Waals surface area (Å²) >= 11 is 0. The number of rotatable bonds is 4. The average molecular weight is 178 g/mol. The van der Waals surface area contributed by atoms with Gasteiger partial charge in [0.25, 0.3) is 0 Å². The molecule has 0 aromatic carbocycles. The number of likely N-dealkylation sites (N-methyl/N-ethyl adjacent to an activating group) is 1. The zero-order chi connectivity index (χ0) is 8.91. The van der Waals surface area contributed by atoms with Gasteiger partial charge in [-0.05, 0) is 0 Å². The first kappa shape index (κ1) is 10.4. The van der Waals surface area contributed by atoms with Crippen LogP contribution >= 0.6 is 0 Å². The molecule has 0 atom stereocenters. The van der Waals surface area contributed by atoms with Crippen LogP contribution < -0.4 is 0 Å². The molecule has 0 spiro atoms. The van der Waals surface area contributed by atoms with Crippen molar-refractivity contribution in [1.29, 1.82) is 5.26 Å². The van der Waals surface area contributed by atoms with Crippen LogP contribution in [0, 0.1) is 11.3 Å². The summed E-state index contributed by atoms with van der Waals surface area (Å²) < 4.78 is 22.8. The summed E-state index contributed by atoms with van der Waals surface area (Å²) in [5, 5.41) is 16.5. The van der Waals surface area contributed by atoms with Gasteiger partial charge in [0.15, 0.2) is 5.75 Å². The van der Waals surface area contributed by atoms with Gasteiger partial charge >= 0.3 is 0 Å². The Hall–Kier alpha value is -0.640. The largest absolute Gasteiger partial charge is 0.395 e. The van der Waals surface area contributed by atoms with Crippen LogP contribution in [0.5, 0.6) is 0 Å². The van der Waals surface area contributed by atoms with E-state index in [0.717, 1.165) is 4.31 Å². The van der Waals surface area contributed by atoms with Crippen LogP contribution in [0.25, 0.3) is 0 Å². The fourth-order valence-electron chi connectivity index (χ4n) is 0.472. The van der Waals surface area contributed by atoms with Crippen molar-refractivity contribution in [3.8, 4) is 6.07 Å².